The number of amides is 1. The van der Waals surface area contributed by atoms with Gasteiger partial charge in [-0.25, -0.2) is 0 Å². The largest absolute Gasteiger partial charge is 0.457 e. The number of pyridine rings is 1. The Morgan fingerprint density at radius 2 is 1.48 bits per heavy atom. The number of carbonyl (C=O) groups is 1. The van der Waals surface area contributed by atoms with E-state index in [1.165, 1.54) is 0 Å². The minimum Gasteiger partial charge on any atom is -0.457 e. The number of anilines is 1. The van der Waals surface area contributed by atoms with E-state index in [-0.39, 0.29) is 5.91 Å². The summed E-state index contributed by atoms with van der Waals surface area (Å²) in [6.45, 7) is 0. The Hall–Kier alpha value is -3.66. The lowest BCUT2D eigenvalue weighted by Gasteiger charge is -2.27. The molecule has 0 bridgehead atoms. The second kappa shape index (κ2) is 6.25. The highest BCUT2D eigenvalue weighted by Crippen LogP contribution is 2.44. The molecule has 130 valence electrons. The van der Waals surface area contributed by atoms with Gasteiger partial charge in [0.15, 0.2) is 0 Å². The number of ether oxygens (including phenoxy) is 1. The zero-order valence-corrected chi connectivity index (χ0v) is 14.4. The van der Waals surface area contributed by atoms with Crippen molar-refractivity contribution in [1.29, 1.82) is 0 Å². The first kappa shape index (κ1) is 15.6. The molecule has 3 aromatic carbocycles. The van der Waals surface area contributed by atoms with E-state index >= 15 is 0 Å². The molecule has 4 nitrogen and oxygen atoms in total. The third kappa shape index (κ3) is 2.62. The molecule has 0 atom stereocenters. The van der Waals surface area contributed by atoms with E-state index in [4.69, 9.17) is 4.74 Å². The molecule has 1 aromatic heterocycles. The summed E-state index contributed by atoms with van der Waals surface area (Å²) in [6, 6.07) is 25.0. The Kier molecular flexibility index (Phi) is 3.61. The molecule has 2 heterocycles. The normalized spacial score (nSPS) is 12.7. The lowest BCUT2D eigenvalue weighted by molar-refractivity contribution is -0.116. The smallest absolute Gasteiger partial charge is 0.236 e. The Morgan fingerprint density at radius 3 is 2.22 bits per heavy atom. The standard InChI is InChI=1S/C23H16N2O2/c26-23(25-18-11-5-7-15-8-6-14-24-22(15)18)21-16-9-1-3-12-19(16)27-20-13-4-2-10-17(20)21/h1-14,21H,(H,25,26). The Balaban J connectivity index is 1.59. The fourth-order valence-electron chi connectivity index (χ4n) is 3.60. The van der Waals surface area contributed by atoms with Crippen molar-refractivity contribution in [1.82, 2.24) is 4.98 Å². The average molecular weight is 352 g/mol. The van der Waals surface area contributed by atoms with Gasteiger partial charge in [0, 0.05) is 22.7 Å². The maximum absolute atomic E-state index is 13.3. The fourth-order valence-corrected chi connectivity index (χ4v) is 3.60. The molecule has 0 fully saturated rings. The summed E-state index contributed by atoms with van der Waals surface area (Å²) in [7, 11) is 0. The molecule has 1 amide bonds. The van der Waals surface area contributed by atoms with Crippen LogP contribution >= 0.6 is 0 Å². The molecule has 0 aliphatic carbocycles. The molecule has 0 saturated carbocycles. The highest BCUT2D eigenvalue weighted by Gasteiger charge is 2.32. The first-order valence-electron chi connectivity index (χ1n) is 8.81. The number of rotatable bonds is 2. The van der Waals surface area contributed by atoms with Crippen molar-refractivity contribution in [3.63, 3.8) is 0 Å². The van der Waals surface area contributed by atoms with Crippen molar-refractivity contribution in [2.75, 3.05) is 5.32 Å². The second-order valence-electron chi connectivity index (χ2n) is 6.48. The molecule has 1 aliphatic heterocycles. The molecular formula is C23H16N2O2. The molecule has 4 aromatic rings. The molecule has 0 unspecified atom stereocenters. The first-order chi connectivity index (χ1) is 13.3. The summed E-state index contributed by atoms with van der Waals surface area (Å²) < 4.78 is 5.99. The monoisotopic (exact) mass is 352 g/mol. The number of aromatic nitrogens is 1. The minimum atomic E-state index is -0.440. The molecule has 4 heteroatoms. The number of hydrogen-bond donors (Lipinski definition) is 1. The van der Waals surface area contributed by atoms with Crippen LogP contribution in [0.25, 0.3) is 10.9 Å². The summed E-state index contributed by atoms with van der Waals surface area (Å²) in [5, 5.41) is 4.07. The Morgan fingerprint density at radius 1 is 0.815 bits per heavy atom. The van der Waals surface area contributed by atoms with E-state index in [2.05, 4.69) is 10.3 Å². The maximum Gasteiger partial charge on any atom is 0.236 e. The van der Waals surface area contributed by atoms with Gasteiger partial charge in [0.2, 0.25) is 5.91 Å². The van der Waals surface area contributed by atoms with Crippen LogP contribution in [-0.2, 0) is 4.79 Å². The van der Waals surface area contributed by atoms with Crippen molar-refractivity contribution in [2.45, 2.75) is 5.92 Å². The highest BCUT2D eigenvalue weighted by molar-refractivity contribution is 6.04. The van der Waals surface area contributed by atoms with Gasteiger partial charge >= 0.3 is 0 Å². The van der Waals surface area contributed by atoms with E-state index < -0.39 is 5.92 Å². The molecule has 5 rings (SSSR count). The van der Waals surface area contributed by atoms with Crippen LogP contribution in [0.4, 0.5) is 5.69 Å². The zero-order chi connectivity index (χ0) is 18.2. The Bertz CT molecular complexity index is 1120. The molecule has 0 spiro atoms. The van der Waals surface area contributed by atoms with Crippen LogP contribution in [0.3, 0.4) is 0 Å². The van der Waals surface area contributed by atoms with Crippen molar-refractivity contribution in [2.24, 2.45) is 0 Å². The van der Waals surface area contributed by atoms with E-state index in [1.807, 2.05) is 78.9 Å². The Labute approximate surface area is 156 Å². The lowest BCUT2D eigenvalue weighted by Crippen LogP contribution is -2.25. The van der Waals surface area contributed by atoms with Crippen LogP contribution in [-0.4, -0.2) is 10.9 Å². The summed E-state index contributed by atoms with van der Waals surface area (Å²) in [4.78, 5) is 17.8. The number of para-hydroxylation sites is 3. The van der Waals surface area contributed by atoms with Gasteiger partial charge in [0.05, 0.1) is 17.1 Å². The van der Waals surface area contributed by atoms with E-state index in [9.17, 15) is 4.79 Å². The summed E-state index contributed by atoms with van der Waals surface area (Å²) in [6.07, 6.45) is 1.73. The number of carbonyl (C=O) groups excluding carboxylic acids is 1. The third-order valence-electron chi connectivity index (χ3n) is 4.83. The third-order valence-corrected chi connectivity index (χ3v) is 4.83. The molecule has 1 aliphatic rings. The van der Waals surface area contributed by atoms with Crippen LogP contribution in [0, 0.1) is 0 Å². The van der Waals surface area contributed by atoms with Gasteiger partial charge in [0.1, 0.15) is 11.5 Å². The molecular weight excluding hydrogens is 336 g/mol. The topological polar surface area (TPSA) is 51.2 Å². The molecule has 0 radical (unpaired) electrons. The van der Waals surface area contributed by atoms with Gasteiger partial charge in [-0.15, -0.1) is 0 Å². The highest BCUT2D eigenvalue weighted by atomic mass is 16.5. The van der Waals surface area contributed by atoms with Crippen LogP contribution in [0.5, 0.6) is 11.5 Å². The molecule has 0 saturated heterocycles. The molecule has 27 heavy (non-hydrogen) atoms. The average Bonchev–Trinajstić information content (AvgIpc) is 2.72. The van der Waals surface area contributed by atoms with E-state index in [0.29, 0.717) is 17.2 Å². The SMILES string of the molecule is O=C(Nc1cccc2cccnc12)C1c2ccccc2Oc2ccccc21. The van der Waals surface area contributed by atoms with Crippen LogP contribution in [0.15, 0.2) is 85.1 Å². The predicted molar refractivity (Wildman–Crippen MR) is 105 cm³/mol. The van der Waals surface area contributed by atoms with Crippen molar-refractivity contribution < 1.29 is 9.53 Å². The van der Waals surface area contributed by atoms with Crippen molar-refractivity contribution in [3.8, 4) is 11.5 Å². The van der Waals surface area contributed by atoms with E-state index in [1.54, 1.807) is 6.20 Å². The summed E-state index contributed by atoms with van der Waals surface area (Å²) in [5.74, 6) is 0.890. The van der Waals surface area contributed by atoms with Gasteiger partial charge in [-0.3, -0.25) is 9.78 Å². The van der Waals surface area contributed by atoms with Gasteiger partial charge in [-0.1, -0.05) is 54.6 Å². The summed E-state index contributed by atoms with van der Waals surface area (Å²) >= 11 is 0. The number of nitrogens with zero attached hydrogens (tertiary/aromatic N) is 1. The number of benzene rings is 3. The lowest BCUT2D eigenvalue weighted by atomic mass is 9.87. The first-order valence-corrected chi connectivity index (χ1v) is 8.81. The van der Waals surface area contributed by atoms with Gasteiger partial charge < -0.3 is 10.1 Å². The van der Waals surface area contributed by atoms with Crippen molar-refractivity contribution >= 4 is 22.5 Å². The van der Waals surface area contributed by atoms with Crippen LogP contribution in [0.1, 0.15) is 17.0 Å². The minimum absolute atomic E-state index is 0.101. The fraction of sp³-hybridized carbons (Fsp3) is 0.0435. The summed E-state index contributed by atoms with van der Waals surface area (Å²) in [5.41, 5.74) is 3.21. The maximum atomic E-state index is 13.3. The van der Waals surface area contributed by atoms with Crippen LogP contribution < -0.4 is 10.1 Å². The quantitative estimate of drug-likeness (QED) is 0.545. The van der Waals surface area contributed by atoms with Crippen LogP contribution in [0.2, 0.25) is 0 Å². The second-order valence-corrected chi connectivity index (χ2v) is 6.48. The number of fused-ring (bicyclic) bond motifs is 3. The zero-order valence-electron chi connectivity index (χ0n) is 14.4. The van der Waals surface area contributed by atoms with Gasteiger partial charge in [-0.05, 0) is 24.3 Å². The van der Waals surface area contributed by atoms with Gasteiger partial charge in [0.25, 0.3) is 0 Å². The predicted octanol–water partition coefficient (Wildman–Crippen LogP) is 5.11. The number of nitrogens with one attached hydrogen (secondary N) is 1. The van der Waals surface area contributed by atoms with Crippen molar-refractivity contribution in [3.05, 3.63) is 96.2 Å². The van der Waals surface area contributed by atoms with E-state index in [0.717, 1.165) is 22.0 Å². The molecule has 1 N–H and O–H groups in total. The number of hydrogen-bond acceptors (Lipinski definition) is 3. The van der Waals surface area contributed by atoms with Gasteiger partial charge in [-0.2, -0.15) is 0 Å².